The first kappa shape index (κ1) is 22.7. The van der Waals surface area contributed by atoms with Crippen LogP contribution in [-0.4, -0.2) is 42.3 Å². The van der Waals surface area contributed by atoms with E-state index in [0.29, 0.717) is 37.4 Å². The van der Waals surface area contributed by atoms with E-state index in [1.54, 1.807) is 24.0 Å². The van der Waals surface area contributed by atoms with Crippen molar-refractivity contribution in [2.24, 2.45) is 0 Å². The van der Waals surface area contributed by atoms with Crippen molar-refractivity contribution >= 4 is 17.7 Å². The Kier molecular flexibility index (Phi) is 7.26. The van der Waals surface area contributed by atoms with Gasteiger partial charge in [0, 0.05) is 25.6 Å². The molecule has 5 heteroatoms. The minimum atomic E-state index is -0.839. The molecule has 1 atom stereocenters. The predicted octanol–water partition coefficient (Wildman–Crippen LogP) is 4.51. The van der Waals surface area contributed by atoms with E-state index in [2.05, 4.69) is 13.8 Å². The van der Waals surface area contributed by atoms with Gasteiger partial charge < -0.3 is 9.64 Å². The summed E-state index contributed by atoms with van der Waals surface area (Å²) >= 11 is 0. The van der Waals surface area contributed by atoms with Crippen molar-refractivity contribution in [1.82, 2.24) is 4.90 Å². The zero-order valence-electron chi connectivity index (χ0n) is 18.6. The molecule has 1 aliphatic rings. The summed E-state index contributed by atoms with van der Waals surface area (Å²) in [5.41, 5.74) is 1.76. The number of carbonyl (C=O) groups is 3. The van der Waals surface area contributed by atoms with Crippen LogP contribution < -0.4 is 0 Å². The fraction of sp³-hybridized carbons (Fsp3) is 0.423. The number of Topliss-reactive ketones (excluding diaryl/α,β-unsaturated/α-hetero) is 1. The summed E-state index contributed by atoms with van der Waals surface area (Å²) in [5.74, 6) is -0.167. The van der Waals surface area contributed by atoms with Crippen LogP contribution in [0.15, 0.2) is 54.6 Å². The topological polar surface area (TPSA) is 63.7 Å². The van der Waals surface area contributed by atoms with E-state index in [1.807, 2.05) is 42.5 Å². The molecule has 2 aromatic carbocycles. The van der Waals surface area contributed by atoms with Gasteiger partial charge in [0.25, 0.3) is 0 Å². The van der Waals surface area contributed by atoms with Gasteiger partial charge in [0.15, 0.2) is 12.4 Å². The maximum Gasteiger partial charge on any atom is 0.317 e. The number of nitrogens with zero attached hydrogens (tertiary/aromatic N) is 1. The number of amides is 1. The lowest BCUT2D eigenvalue weighted by Crippen LogP contribution is -2.49. The van der Waals surface area contributed by atoms with Gasteiger partial charge in [0.05, 0.1) is 5.41 Å². The highest BCUT2D eigenvalue weighted by molar-refractivity contribution is 5.98. The predicted molar refractivity (Wildman–Crippen MR) is 120 cm³/mol. The number of rotatable bonds is 7. The normalized spacial score (nSPS) is 16.4. The maximum atomic E-state index is 13.2. The Hall–Kier alpha value is -2.95. The summed E-state index contributed by atoms with van der Waals surface area (Å²) in [5, 5.41) is 0. The second-order valence-corrected chi connectivity index (χ2v) is 8.38. The third-order valence-electron chi connectivity index (χ3n) is 6.53. The molecule has 2 aromatic rings. The molecule has 1 aliphatic heterocycles. The number of ketones is 1. The molecule has 0 spiro atoms. The van der Waals surface area contributed by atoms with E-state index in [-0.39, 0.29) is 18.3 Å². The molecule has 0 N–H and O–H groups in total. The van der Waals surface area contributed by atoms with Crippen LogP contribution >= 0.6 is 0 Å². The Morgan fingerprint density at radius 3 is 2.16 bits per heavy atom. The molecule has 0 saturated carbocycles. The van der Waals surface area contributed by atoms with E-state index in [1.165, 1.54) is 5.56 Å². The number of esters is 1. The Balaban J connectivity index is 1.71. The molecule has 5 nitrogen and oxygen atoms in total. The highest BCUT2D eigenvalue weighted by Crippen LogP contribution is 2.37. The fourth-order valence-corrected chi connectivity index (χ4v) is 4.16. The van der Waals surface area contributed by atoms with E-state index < -0.39 is 11.4 Å². The summed E-state index contributed by atoms with van der Waals surface area (Å²) in [6.45, 7) is 6.52. The van der Waals surface area contributed by atoms with Gasteiger partial charge in [-0.1, -0.05) is 68.4 Å². The van der Waals surface area contributed by atoms with Gasteiger partial charge >= 0.3 is 5.97 Å². The molecule has 3 rings (SSSR count). The second kappa shape index (κ2) is 9.90. The summed E-state index contributed by atoms with van der Waals surface area (Å²) in [7, 11) is 0. The van der Waals surface area contributed by atoms with Crippen LogP contribution in [0.5, 0.6) is 0 Å². The van der Waals surface area contributed by atoms with Gasteiger partial charge in [-0.25, -0.2) is 0 Å². The quantitative estimate of drug-likeness (QED) is 0.488. The zero-order valence-corrected chi connectivity index (χ0v) is 18.6. The number of hydrogen-bond donors (Lipinski definition) is 0. The maximum absolute atomic E-state index is 13.2. The molecule has 0 aromatic heterocycles. The Bertz CT molecular complexity index is 912. The van der Waals surface area contributed by atoms with Gasteiger partial charge in [-0.3, -0.25) is 14.4 Å². The molecule has 1 amide bonds. The Labute approximate surface area is 184 Å². The molecule has 0 aliphatic carbocycles. The molecular weight excluding hydrogens is 390 g/mol. The molecule has 164 valence electrons. The van der Waals surface area contributed by atoms with Crippen molar-refractivity contribution < 1.29 is 19.1 Å². The molecule has 0 radical (unpaired) electrons. The van der Waals surface area contributed by atoms with Gasteiger partial charge in [-0.2, -0.15) is 0 Å². The fourth-order valence-electron chi connectivity index (χ4n) is 4.16. The van der Waals surface area contributed by atoms with Crippen molar-refractivity contribution in [2.45, 2.75) is 51.4 Å². The largest absolute Gasteiger partial charge is 0.457 e. The average Bonchev–Trinajstić information content (AvgIpc) is 2.82. The van der Waals surface area contributed by atoms with E-state index in [4.69, 9.17) is 4.74 Å². The molecule has 1 heterocycles. The van der Waals surface area contributed by atoms with Crippen LogP contribution in [0.4, 0.5) is 0 Å². The van der Waals surface area contributed by atoms with Crippen molar-refractivity contribution in [3.05, 3.63) is 71.3 Å². The van der Waals surface area contributed by atoms with Crippen molar-refractivity contribution in [3.63, 3.8) is 0 Å². The summed E-state index contributed by atoms with van der Waals surface area (Å²) in [4.78, 5) is 39.4. The third-order valence-corrected chi connectivity index (χ3v) is 6.53. The van der Waals surface area contributed by atoms with Gasteiger partial charge in [-0.15, -0.1) is 0 Å². The lowest BCUT2D eigenvalue weighted by atomic mass is 9.72. The van der Waals surface area contributed by atoms with E-state index >= 15 is 0 Å². The first-order chi connectivity index (χ1) is 14.9. The van der Waals surface area contributed by atoms with Crippen molar-refractivity contribution in [3.8, 4) is 0 Å². The van der Waals surface area contributed by atoms with Crippen LogP contribution in [0.25, 0.3) is 0 Å². The number of carbonyl (C=O) groups excluding carboxylic acids is 3. The zero-order chi connectivity index (χ0) is 22.4. The molecule has 0 unspecified atom stereocenters. The highest BCUT2D eigenvalue weighted by Gasteiger charge is 2.44. The molecular formula is C26H31NO4. The van der Waals surface area contributed by atoms with Gasteiger partial charge in [-0.05, 0) is 36.3 Å². The lowest BCUT2D eigenvalue weighted by molar-refractivity contribution is -0.153. The summed E-state index contributed by atoms with van der Waals surface area (Å²) in [6, 6.07) is 17.1. The van der Waals surface area contributed by atoms with Gasteiger partial charge in [0.1, 0.15) is 0 Å². The van der Waals surface area contributed by atoms with Crippen LogP contribution in [0, 0.1) is 0 Å². The minimum absolute atomic E-state index is 0.00560. The number of ether oxygens (including phenoxy) is 1. The first-order valence-corrected chi connectivity index (χ1v) is 11.0. The van der Waals surface area contributed by atoms with Crippen LogP contribution in [-0.2, 0) is 19.7 Å². The smallest absolute Gasteiger partial charge is 0.317 e. The number of benzene rings is 2. The van der Waals surface area contributed by atoms with Gasteiger partial charge in [0.2, 0.25) is 5.91 Å². The first-order valence-electron chi connectivity index (χ1n) is 11.0. The van der Waals surface area contributed by atoms with Crippen molar-refractivity contribution in [2.75, 3.05) is 19.7 Å². The lowest BCUT2D eigenvalue weighted by Gasteiger charge is -2.40. The summed E-state index contributed by atoms with van der Waals surface area (Å²) < 4.78 is 5.56. The van der Waals surface area contributed by atoms with Crippen LogP contribution in [0.2, 0.25) is 0 Å². The SMILES string of the molecule is CC[C@@H](C)c1ccc(C(=O)COC(=O)C2(c3ccccc3)CCN(C(C)=O)CC2)cc1. The number of likely N-dealkylation sites (tertiary alicyclic amines) is 1. The van der Waals surface area contributed by atoms with Crippen LogP contribution in [0.3, 0.4) is 0 Å². The molecule has 1 saturated heterocycles. The Morgan fingerprint density at radius 2 is 1.61 bits per heavy atom. The number of piperidine rings is 1. The number of hydrogen-bond acceptors (Lipinski definition) is 4. The van der Waals surface area contributed by atoms with E-state index in [9.17, 15) is 14.4 Å². The summed E-state index contributed by atoms with van der Waals surface area (Å²) in [6.07, 6.45) is 1.99. The average molecular weight is 422 g/mol. The Morgan fingerprint density at radius 1 is 1.00 bits per heavy atom. The second-order valence-electron chi connectivity index (χ2n) is 8.38. The molecule has 31 heavy (non-hydrogen) atoms. The van der Waals surface area contributed by atoms with Crippen molar-refractivity contribution in [1.29, 1.82) is 0 Å². The standard InChI is InChI=1S/C26H31NO4/c1-4-19(2)21-10-12-22(13-11-21)24(29)18-31-25(30)26(23-8-6-5-7-9-23)14-16-27(17-15-26)20(3)28/h5-13,19H,4,14-18H2,1-3H3/t19-/m1/s1. The molecule has 1 fully saturated rings. The monoisotopic (exact) mass is 421 g/mol. The minimum Gasteiger partial charge on any atom is -0.457 e. The van der Waals surface area contributed by atoms with Crippen LogP contribution in [0.1, 0.15) is 67.4 Å². The van der Waals surface area contributed by atoms with E-state index in [0.717, 1.165) is 12.0 Å². The third kappa shape index (κ3) is 5.04. The highest BCUT2D eigenvalue weighted by atomic mass is 16.5. The molecule has 0 bridgehead atoms.